The Kier molecular flexibility index (Phi) is 4.34. The predicted octanol–water partition coefficient (Wildman–Crippen LogP) is -1.61. The van der Waals surface area contributed by atoms with E-state index in [9.17, 15) is 9.59 Å². The molecule has 0 bridgehead atoms. The van der Waals surface area contributed by atoms with Crippen molar-refractivity contribution in [3.05, 3.63) is 0 Å². The first-order chi connectivity index (χ1) is 6.72. The third-order valence-corrected chi connectivity index (χ3v) is 2.09. The lowest BCUT2D eigenvalue weighted by Crippen LogP contribution is -2.44. The van der Waals surface area contributed by atoms with Gasteiger partial charge in [-0.2, -0.15) is 0 Å². The van der Waals surface area contributed by atoms with Crippen LogP contribution in [0.1, 0.15) is 6.42 Å². The van der Waals surface area contributed by atoms with Crippen molar-refractivity contribution in [1.82, 2.24) is 21.3 Å². The van der Waals surface area contributed by atoms with Crippen LogP contribution in [0.3, 0.4) is 0 Å². The van der Waals surface area contributed by atoms with Crippen LogP contribution in [0.15, 0.2) is 0 Å². The molecule has 1 saturated heterocycles. The number of urea groups is 1. The summed E-state index contributed by atoms with van der Waals surface area (Å²) in [7, 11) is 1.47. The smallest absolute Gasteiger partial charge is 0.321 e. The number of hydrogen-bond acceptors (Lipinski definition) is 4. The zero-order valence-corrected chi connectivity index (χ0v) is 8.22. The largest absolute Gasteiger partial charge is 0.341 e. The van der Waals surface area contributed by atoms with Crippen molar-refractivity contribution in [3.63, 3.8) is 0 Å². The first-order valence-corrected chi connectivity index (χ1v) is 4.68. The molecule has 1 aliphatic rings. The molecule has 14 heavy (non-hydrogen) atoms. The molecule has 1 rings (SSSR count). The number of rotatable bonds is 3. The molecule has 6 heteroatoms. The van der Waals surface area contributed by atoms with Crippen LogP contribution in [0.25, 0.3) is 0 Å². The zero-order valence-electron chi connectivity index (χ0n) is 8.22. The molecule has 1 fully saturated rings. The zero-order chi connectivity index (χ0) is 10.4. The summed E-state index contributed by atoms with van der Waals surface area (Å²) in [4.78, 5) is 21.8. The van der Waals surface area contributed by atoms with Crippen LogP contribution in [0.4, 0.5) is 4.79 Å². The van der Waals surface area contributed by atoms with Gasteiger partial charge < -0.3 is 16.0 Å². The van der Waals surface area contributed by atoms with Gasteiger partial charge in [0.1, 0.15) is 0 Å². The maximum atomic E-state index is 11.1. The summed E-state index contributed by atoms with van der Waals surface area (Å²) in [5.41, 5.74) is 0. The van der Waals surface area contributed by atoms with Gasteiger partial charge in [-0.15, -0.1) is 0 Å². The number of carbonyl (C=O) groups excluding carboxylic acids is 2. The maximum Gasteiger partial charge on any atom is 0.321 e. The molecule has 1 aliphatic heterocycles. The molecule has 1 atom stereocenters. The lowest BCUT2D eigenvalue weighted by atomic mass is 10.2. The van der Waals surface area contributed by atoms with Gasteiger partial charge in [0.15, 0.2) is 0 Å². The van der Waals surface area contributed by atoms with E-state index in [0.717, 1.165) is 19.5 Å². The fraction of sp³-hybridized carbons (Fsp3) is 0.750. The summed E-state index contributed by atoms with van der Waals surface area (Å²) in [6, 6.07) is -0.133. The quantitative estimate of drug-likeness (QED) is 0.442. The molecule has 0 aromatic heterocycles. The Hall–Kier alpha value is -1.14. The van der Waals surface area contributed by atoms with Crippen LogP contribution in [-0.4, -0.2) is 44.7 Å². The van der Waals surface area contributed by atoms with E-state index in [1.807, 2.05) is 0 Å². The number of imide groups is 1. The molecule has 80 valence electrons. The van der Waals surface area contributed by atoms with Crippen molar-refractivity contribution in [2.24, 2.45) is 0 Å². The van der Waals surface area contributed by atoms with Crippen molar-refractivity contribution >= 4 is 11.9 Å². The summed E-state index contributed by atoms with van der Waals surface area (Å²) in [6.45, 7) is 2.04. The van der Waals surface area contributed by atoms with Crippen molar-refractivity contribution in [2.75, 3.05) is 26.7 Å². The molecule has 1 unspecified atom stereocenters. The first-order valence-electron chi connectivity index (χ1n) is 4.68. The third kappa shape index (κ3) is 3.71. The van der Waals surface area contributed by atoms with E-state index in [1.165, 1.54) is 7.05 Å². The summed E-state index contributed by atoms with van der Waals surface area (Å²) >= 11 is 0. The highest BCUT2D eigenvalue weighted by molar-refractivity contribution is 5.95. The van der Waals surface area contributed by atoms with Gasteiger partial charge >= 0.3 is 6.03 Å². The number of carbonyl (C=O) groups is 2. The normalized spacial score (nSPS) is 20.5. The van der Waals surface area contributed by atoms with E-state index >= 15 is 0 Å². The lowest BCUT2D eigenvalue weighted by Gasteiger charge is -2.10. The molecule has 0 aromatic carbocycles. The van der Waals surface area contributed by atoms with Gasteiger partial charge in [-0.1, -0.05) is 0 Å². The molecular weight excluding hydrogens is 184 g/mol. The van der Waals surface area contributed by atoms with Crippen molar-refractivity contribution in [1.29, 1.82) is 0 Å². The van der Waals surface area contributed by atoms with Gasteiger partial charge in [-0.25, -0.2) is 4.79 Å². The molecule has 6 nitrogen and oxygen atoms in total. The van der Waals surface area contributed by atoms with Gasteiger partial charge in [-0.3, -0.25) is 10.1 Å². The minimum absolute atomic E-state index is 0.180. The van der Waals surface area contributed by atoms with E-state index in [2.05, 4.69) is 21.3 Å². The van der Waals surface area contributed by atoms with E-state index in [1.54, 1.807) is 0 Å². The van der Waals surface area contributed by atoms with Crippen molar-refractivity contribution < 1.29 is 9.59 Å². The van der Waals surface area contributed by atoms with Crippen LogP contribution >= 0.6 is 0 Å². The Morgan fingerprint density at radius 3 is 2.86 bits per heavy atom. The lowest BCUT2D eigenvalue weighted by molar-refractivity contribution is -0.119. The van der Waals surface area contributed by atoms with Crippen LogP contribution < -0.4 is 21.3 Å². The highest BCUT2D eigenvalue weighted by Crippen LogP contribution is 1.95. The fourth-order valence-electron chi connectivity index (χ4n) is 1.30. The minimum Gasteiger partial charge on any atom is -0.341 e. The second kappa shape index (κ2) is 5.56. The van der Waals surface area contributed by atoms with Gasteiger partial charge in [-0.05, 0) is 13.0 Å². The molecule has 0 radical (unpaired) electrons. The van der Waals surface area contributed by atoms with E-state index in [-0.39, 0.29) is 12.5 Å². The Bertz CT molecular complexity index is 213. The van der Waals surface area contributed by atoms with E-state index in [4.69, 9.17) is 0 Å². The highest BCUT2D eigenvalue weighted by Gasteiger charge is 2.15. The van der Waals surface area contributed by atoms with Gasteiger partial charge in [0.25, 0.3) is 0 Å². The average molecular weight is 200 g/mol. The van der Waals surface area contributed by atoms with Gasteiger partial charge in [0, 0.05) is 19.6 Å². The molecule has 4 N–H and O–H groups in total. The Morgan fingerprint density at radius 2 is 2.29 bits per heavy atom. The van der Waals surface area contributed by atoms with Crippen LogP contribution in [0.5, 0.6) is 0 Å². The Balaban J connectivity index is 2.11. The SMILES string of the molecule is CNC(=O)NC(=O)CNC1CCNC1. The maximum absolute atomic E-state index is 11.1. The summed E-state index contributed by atoms with van der Waals surface area (Å²) in [5.74, 6) is -0.309. The van der Waals surface area contributed by atoms with Crippen LogP contribution in [0, 0.1) is 0 Å². The standard InChI is InChI=1S/C8H16N4O2/c1-9-8(14)12-7(13)5-11-6-2-3-10-4-6/h6,10-11H,2-5H2,1H3,(H2,9,12,13,14). The number of amides is 3. The van der Waals surface area contributed by atoms with Gasteiger partial charge in [0.05, 0.1) is 6.54 Å². The average Bonchev–Trinajstić information content (AvgIpc) is 2.67. The molecule has 0 aromatic rings. The Morgan fingerprint density at radius 1 is 1.50 bits per heavy atom. The predicted molar refractivity (Wildman–Crippen MR) is 51.9 cm³/mol. The molecular formula is C8H16N4O2. The van der Waals surface area contributed by atoms with Crippen LogP contribution in [-0.2, 0) is 4.79 Å². The minimum atomic E-state index is -0.471. The summed E-state index contributed by atoms with van der Waals surface area (Å²) < 4.78 is 0. The molecule has 0 saturated carbocycles. The van der Waals surface area contributed by atoms with E-state index in [0.29, 0.717) is 6.04 Å². The second-order valence-corrected chi connectivity index (χ2v) is 3.20. The monoisotopic (exact) mass is 200 g/mol. The third-order valence-electron chi connectivity index (χ3n) is 2.09. The summed E-state index contributed by atoms with van der Waals surface area (Å²) in [6.07, 6.45) is 1.02. The van der Waals surface area contributed by atoms with Crippen LogP contribution in [0.2, 0.25) is 0 Å². The Labute approximate surface area is 82.8 Å². The second-order valence-electron chi connectivity index (χ2n) is 3.20. The number of nitrogens with one attached hydrogen (secondary N) is 4. The number of hydrogen-bond donors (Lipinski definition) is 4. The first kappa shape index (κ1) is 10.9. The van der Waals surface area contributed by atoms with E-state index < -0.39 is 6.03 Å². The molecule has 0 aliphatic carbocycles. The van der Waals surface area contributed by atoms with Crippen molar-refractivity contribution in [3.8, 4) is 0 Å². The molecule has 1 heterocycles. The molecule has 3 amide bonds. The fourth-order valence-corrected chi connectivity index (χ4v) is 1.30. The topological polar surface area (TPSA) is 82.3 Å². The summed E-state index contributed by atoms with van der Waals surface area (Å²) in [5, 5.41) is 10.7. The molecule has 0 spiro atoms. The van der Waals surface area contributed by atoms with Crippen molar-refractivity contribution in [2.45, 2.75) is 12.5 Å². The van der Waals surface area contributed by atoms with Gasteiger partial charge in [0.2, 0.25) is 5.91 Å². The highest BCUT2D eigenvalue weighted by atomic mass is 16.2.